The number of aliphatic carboxylic acids is 1. The van der Waals surface area contributed by atoms with Crippen molar-refractivity contribution in [1.29, 1.82) is 0 Å². The Morgan fingerprint density at radius 2 is 1.85 bits per heavy atom. The van der Waals surface area contributed by atoms with E-state index in [2.05, 4.69) is 10.2 Å². The van der Waals surface area contributed by atoms with Crippen LogP contribution in [-0.2, 0) is 4.79 Å². The molecule has 0 amide bonds. The third-order valence-corrected chi connectivity index (χ3v) is 4.47. The highest BCUT2D eigenvalue weighted by Crippen LogP contribution is 2.22. The predicted molar refractivity (Wildman–Crippen MR) is 83.4 cm³/mol. The lowest BCUT2D eigenvalue weighted by Crippen LogP contribution is -2.50. The summed E-state index contributed by atoms with van der Waals surface area (Å²) in [6, 6.07) is 0. The largest absolute Gasteiger partial charge is 0.480 e. The van der Waals surface area contributed by atoms with E-state index in [1.54, 1.807) is 7.05 Å². The number of unbranched alkanes of at least 4 members (excludes halogenated alkanes) is 1. The van der Waals surface area contributed by atoms with E-state index in [0.29, 0.717) is 19.2 Å². The fourth-order valence-electron chi connectivity index (χ4n) is 3.05. The van der Waals surface area contributed by atoms with Crippen LogP contribution in [0.25, 0.3) is 0 Å². The molecule has 0 bridgehead atoms. The van der Waals surface area contributed by atoms with Gasteiger partial charge in [0.05, 0.1) is 7.85 Å². The summed E-state index contributed by atoms with van der Waals surface area (Å²) < 4.78 is 0. The molecule has 0 aliphatic carbocycles. The van der Waals surface area contributed by atoms with Crippen LogP contribution in [0.3, 0.4) is 0 Å². The van der Waals surface area contributed by atoms with Gasteiger partial charge in [0.2, 0.25) is 0 Å². The average Bonchev–Trinajstić information content (AvgIpc) is 2.46. The number of nitrogens with zero attached hydrogens (tertiary/aromatic N) is 1. The normalized spacial score (nSPS) is 19.6. The molecule has 4 nitrogen and oxygen atoms in total. The van der Waals surface area contributed by atoms with Gasteiger partial charge >= 0.3 is 5.97 Å². The Kier molecular flexibility index (Phi) is 8.23. The first-order valence-corrected chi connectivity index (χ1v) is 7.99. The summed E-state index contributed by atoms with van der Waals surface area (Å²) in [6.45, 7) is 3.37. The highest BCUT2D eigenvalue weighted by molar-refractivity contribution is 6.08. The highest BCUT2D eigenvalue weighted by atomic mass is 16.4. The maximum Gasteiger partial charge on any atom is 0.323 e. The van der Waals surface area contributed by atoms with Crippen molar-refractivity contribution in [2.24, 2.45) is 0 Å². The molecule has 1 atom stereocenters. The second-order valence-corrected chi connectivity index (χ2v) is 5.89. The summed E-state index contributed by atoms with van der Waals surface area (Å²) in [6.07, 6.45) is 8.60. The number of likely N-dealkylation sites (tertiary alicyclic amines) is 1. The van der Waals surface area contributed by atoms with Crippen LogP contribution >= 0.6 is 0 Å². The molecule has 0 spiro atoms. The van der Waals surface area contributed by atoms with Crippen LogP contribution in [0.4, 0.5) is 0 Å². The Bertz CT molecular complexity index is 283. The Hall–Kier alpha value is -0.545. The molecule has 114 valence electrons. The molecule has 2 N–H and O–H groups in total. The van der Waals surface area contributed by atoms with E-state index in [9.17, 15) is 9.90 Å². The van der Waals surface area contributed by atoms with Crippen LogP contribution in [0.5, 0.6) is 0 Å². The minimum Gasteiger partial charge on any atom is -0.480 e. The molecule has 0 aromatic carbocycles. The summed E-state index contributed by atoms with van der Waals surface area (Å²) >= 11 is 0. The Morgan fingerprint density at radius 3 is 2.40 bits per heavy atom. The number of hydrogen-bond donors (Lipinski definition) is 2. The molecule has 1 saturated heterocycles. The number of likely N-dealkylation sites (N-methyl/N-ethyl adjacent to an activating group) is 1. The Labute approximate surface area is 124 Å². The first-order chi connectivity index (χ1) is 9.64. The zero-order valence-corrected chi connectivity index (χ0v) is 12.9. The molecule has 1 fully saturated rings. The topological polar surface area (TPSA) is 52.6 Å². The predicted octanol–water partition coefficient (Wildman–Crippen LogP) is 2.05. The summed E-state index contributed by atoms with van der Waals surface area (Å²) in [5, 5.41) is 12.6. The van der Waals surface area contributed by atoms with Crippen LogP contribution in [0.2, 0.25) is 6.32 Å². The number of piperidine rings is 1. The number of rotatable bonds is 10. The number of carboxylic acids is 1. The number of nitrogens with one attached hydrogen (secondary N) is 1. The van der Waals surface area contributed by atoms with Gasteiger partial charge in [0.25, 0.3) is 0 Å². The van der Waals surface area contributed by atoms with Gasteiger partial charge in [-0.05, 0) is 58.8 Å². The molecule has 1 aliphatic heterocycles. The Balaban J connectivity index is 2.40. The maximum atomic E-state index is 11.6. The van der Waals surface area contributed by atoms with Gasteiger partial charge in [0.15, 0.2) is 0 Å². The molecule has 20 heavy (non-hydrogen) atoms. The monoisotopic (exact) mass is 280 g/mol. The zero-order chi connectivity index (χ0) is 14.8. The van der Waals surface area contributed by atoms with Crippen LogP contribution in [-0.4, -0.2) is 56.0 Å². The lowest BCUT2D eigenvalue weighted by atomic mass is 9.86. The number of hydrogen-bond acceptors (Lipinski definition) is 3. The molecule has 0 saturated carbocycles. The van der Waals surface area contributed by atoms with E-state index in [-0.39, 0.29) is 0 Å². The smallest absolute Gasteiger partial charge is 0.323 e. The van der Waals surface area contributed by atoms with Gasteiger partial charge in [0, 0.05) is 0 Å². The fourth-order valence-corrected chi connectivity index (χ4v) is 3.05. The SMILES string of the molecule is [B]CCCCC(CCCN1CCCCC1)(NC)C(=O)O. The first-order valence-electron chi connectivity index (χ1n) is 7.99. The summed E-state index contributed by atoms with van der Waals surface area (Å²) in [5.41, 5.74) is -0.773. The van der Waals surface area contributed by atoms with Gasteiger partial charge in [-0.2, -0.15) is 0 Å². The third kappa shape index (κ3) is 5.45. The van der Waals surface area contributed by atoms with Gasteiger partial charge < -0.3 is 15.3 Å². The molecular weight excluding hydrogens is 251 g/mol. The molecule has 1 unspecified atom stereocenters. The van der Waals surface area contributed by atoms with E-state index in [4.69, 9.17) is 7.85 Å². The molecule has 0 aromatic heterocycles. The third-order valence-electron chi connectivity index (χ3n) is 4.47. The van der Waals surface area contributed by atoms with E-state index < -0.39 is 11.5 Å². The molecule has 5 heteroatoms. The minimum absolute atomic E-state index is 0.632. The highest BCUT2D eigenvalue weighted by Gasteiger charge is 2.35. The van der Waals surface area contributed by atoms with Crippen molar-refractivity contribution in [3.63, 3.8) is 0 Å². The van der Waals surface area contributed by atoms with Gasteiger partial charge in [-0.25, -0.2) is 0 Å². The fraction of sp³-hybridized carbons (Fsp3) is 0.933. The van der Waals surface area contributed by atoms with Gasteiger partial charge in [-0.3, -0.25) is 4.79 Å². The van der Waals surface area contributed by atoms with Crippen LogP contribution in [0.1, 0.15) is 51.4 Å². The molecular formula is C15H29BN2O2. The van der Waals surface area contributed by atoms with Gasteiger partial charge in [-0.1, -0.05) is 25.6 Å². The molecule has 1 rings (SSSR count). The van der Waals surface area contributed by atoms with Crippen LogP contribution < -0.4 is 5.32 Å². The second kappa shape index (κ2) is 9.40. The van der Waals surface area contributed by atoms with Crippen LogP contribution in [0, 0.1) is 0 Å². The van der Waals surface area contributed by atoms with E-state index in [1.807, 2.05) is 0 Å². The van der Waals surface area contributed by atoms with Crippen molar-refractivity contribution in [1.82, 2.24) is 10.2 Å². The second-order valence-electron chi connectivity index (χ2n) is 5.89. The maximum absolute atomic E-state index is 11.6. The lowest BCUT2D eigenvalue weighted by molar-refractivity contribution is -0.145. The zero-order valence-electron chi connectivity index (χ0n) is 12.9. The standard InChI is InChI=1S/C15H29BN2O2/c1-17-15(14(19)20,8-3-4-10-16)9-7-13-18-11-5-2-6-12-18/h17H,2-13H2,1H3,(H,19,20). The number of carboxylic acid groups (broad SMARTS) is 1. The minimum atomic E-state index is -0.773. The van der Waals surface area contributed by atoms with Crippen molar-refractivity contribution in [3.05, 3.63) is 0 Å². The van der Waals surface area contributed by atoms with Crippen LogP contribution in [0.15, 0.2) is 0 Å². The van der Waals surface area contributed by atoms with Crippen molar-refractivity contribution < 1.29 is 9.90 Å². The van der Waals surface area contributed by atoms with Gasteiger partial charge in [0.1, 0.15) is 5.54 Å². The van der Waals surface area contributed by atoms with Crippen molar-refractivity contribution >= 4 is 13.8 Å². The molecule has 1 heterocycles. The van der Waals surface area contributed by atoms with Crippen molar-refractivity contribution in [3.8, 4) is 0 Å². The summed E-state index contributed by atoms with van der Waals surface area (Å²) in [5.74, 6) is -0.726. The average molecular weight is 280 g/mol. The van der Waals surface area contributed by atoms with Gasteiger partial charge in [-0.15, -0.1) is 0 Å². The molecule has 0 aromatic rings. The van der Waals surface area contributed by atoms with E-state index >= 15 is 0 Å². The quantitative estimate of drug-likeness (QED) is 0.475. The van der Waals surface area contributed by atoms with E-state index in [0.717, 1.165) is 25.8 Å². The molecule has 2 radical (unpaired) electrons. The number of carbonyl (C=O) groups is 1. The molecule has 1 aliphatic rings. The van der Waals surface area contributed by atoms with Crippen molar-refractivity contribution in [2.75, 3.05) is 26.7 Å². The lowest BCUT2D eigenvalue weighted by Gasteiger charge is -2.31. The summed E-state index contributed by atoms with van der Waals surface area (Å²) in [4.78, 5) is 14.1. The van der Waals surface area contributed by atoms with Crippen molar-refractivity contribution in [2.45, 2.75) is 63.2 Å². The Morgan fingerprint density at radius 1 is 1.20 bits per heavy atom. The van der Waals surface area contributed by atoms with E-state index in [1.165, 1.54) is 32.4 Å². The summed E-state index contributed by atoms with van der Waals surface area (Å²) in [7, 11) is 7.26. The first kappa shape index (κ1) is 17.5.